The molecule has 27 heavy (non-hydrogen) atoms. The van der Waals surface area contributed by atoms with Gasteiger partial charge in [0.2, 0.25) is 0 Å². The Hall–Kier alpha value is -1.85. The van der Waals surface area contributed by atoms with Gasteiger partial charge in [-0.25, -0.2) is 9.97 Å². The monoisotopic (exact) mass is 366 g/mol. The zero-order chi connectivity index (χ0) is 18.9. The van der Waals surface area contributed by atoms with Crippen LogP contribution in [-0.2, 0) is 18.6 Å². The molecular formula is C22H30N4O. The van der Waals surface area contributed by atoms with Crippen molar-refractivity contribution in [1.29, 1.82) is 0 Å². The summed E-state index contributed by atoms with van der Waals surface area (Å²) >= 11 is 0. The Balaban J connectivity index is 1.43. The molecule has 2 aromatic heterocycles. The summed E-state index contributed by atoms with van der Waals surface area (Å²) < 4.78 is 0. The molecule has 2 aliphatic rings. The number of nitrogens with zero attached hydrogens (tertiary/aromatic N) is 4. The third kappa shape index (κ3) is 3.63. The minimum Gasteiger partial charge on any atom is -0.383 e. The highest BCUT2D eigenvalue weighted by Gasteiger charge is 2.53. The van der Waals surface area contributed by atoms with Crippen molar-refractivity contribution in [2.24, 2.45) is 11.8 Å². The zero-order valence-electron chi connectivity index (χ0n) is 16.4. The van der Waals surface area contributed by atoms with Crippen molar-refractivity contribution in [2.45, 2.75) is 58.1 Å². The molecule has 3 heterocycles. The van der Waals surface area contributed by atoms with Crippen molar-refractivity contribution >= 4 is 0 Å². The summed E-state index contributed by atoms with van der Waals surface area (Å²) in [5.41, 5.74) is 2.34. The fourth-order valence-corrected chi connectivity index (χ4v) is 4.93. The smallest absolute Gasteiger partial charge is 0.128 e. The van der Waals surface area contributed by atoms with E-state index in [1.165, 1.54) is 6.42 Å². The number of rotatable bonds is 6. The summed E-state index contributed by atoms with van der Waals surface area (Å²) in [6.45, 7) is 7.05. The van der Waals surface area contributed by atoms with E-state index in [9.17, 15) is 5.11 Å². The van der Waals surface area contributed by atoms with Gasteiger partial charge in [-0.2, -0.15) is 0 Å². The van der Waals surface area contributed by atoms with Crippen molar-refractivity contribution in [3.63, 3.8) is 0 Å². The van der Waals surface area contributed by atoms with Crippen LogP contribution in [0.1, 0.15) is 55.3 Å². The molecule has 3 atom stereocenters. The van der Waals surface area contributed by atoms with E-state index in [1.54, 1.807) is 6.20 Å². The maximum absolute atomic E-state index is 11.5. The van der Waals surface area contributed by atoms with Crippen LogP contribution in [-0.4, -0.2) is 38.0 Å². The zero-order valence-corrected chi connectivity index (χ0v) is 16.4. The lowest BCUT2D eigenvalue weighted by atomic mass is 9.83. The lowest BCUT2D eigenvalue weighted by Crippen LogP contribution is -2.36. The normalized spacial score (nSPS) is 27.8. The molecule has 2 fully saturated rings. The molecule has 0 amide bonds. The van der Waals surface area contributed by atoms with Gasteiger partial charge in [0.25, 0.3) is 0 Å². The molecule has 0 bridgehead atoms. The number of hydrogen-bond acceptors (Lipinski definition) is 5. The molecule has 2 aromatic rings. The number of fused-ring (bicyclic) bond motifs is 1. The molecule has 1 saturated heterocycles. The molecule has 5 nitrogen and oxygen atoms in total. The molecular weight excluding hydrogens is 336 g/mol. The van der Waals surface area contributed by atoms with Gasteiger partial charge in [0.1, 0.15) is 11.4 Å². The van der Waals surface area contributed by atoms with Crippen LogP contribution >= 0.6 is 0 Å². The van der Waals surface area contributed by atoms with Crippen molar-refractivity contribution in [3.05, 3.63) is 53.4 Å². The summed E-state index contributed by atoms with van der Waals surface area (Å²) in [6, 6.07) is 4.00. The number of unbranched alkanes of at least 4 members (excludes halogenated alkanes) is 1. The number of aliphatic hydroxyl groups is 1. The Kier molecular flexibility index (Phi) is 5.24. The highest BCUT2D eigenvalue weighted by molar-refractivity contribution is 5.27. The van der Waals surface area contributed by atoms with E-state index in [1.807, 2.05) is 18.5 Å². The lowest BCUT2D eigenvalue weighted by Gasteiger charge is -2.31. The minimum atomic E-state index is -0.786. The van der Waals surface area contributed by atoms with Gasteiger partial charge in [-0.3, -0.25) is 9.88 Å². The van der Waals surface area contributed by atoms with E-state index in [0.29, 0.717) is 5.92 Å². The maximum Gasteiger partial charge on any atom is 0.128 e. The second-order valence-electron chi connectivity index (χ2n) is 8.30. The number of likely N-dealkylation sites (tertiary alicyclic amines) is 1. The first kappa shape index (κ1) is 18.5. The summed E-state index contributed by atoms with van der Waals surface area (Å²) in [6.07, 6.45) is 10.9. The molecule has 0 aromatic carbocycles. The number of aryl methyl sites for hydroxylation is 2. The van der Waals surface area contributed by atoms with E-state index in [2.05, 4.69) is 39.8 Å². The van der Waals surface area contributed by atoms with Crippen LogP contribution < -0.4 is 0 Å². The highest BCUT2D eigenvalue weighted by atomic mass is 16.3. The van der Waals surface area contributed by atoms with Crippen LogP contribution in [0, 0.1) is 18.8 Å². The van der Waals surface area contributed by atoms with E-state index < -0.39 is 5.60 Å². The SMILES string of the molecule is CCCCc1ncc(CN2C[C@@H]3CC[C@@](O)(c4ncccc4C)[C@@H]3C2)cn1. The maximum atomic E-state index is 11.5. The van der Waals surface area contributed by atoms with Gasteiger partial charge in [0.15, 0.2) is 0 Å². The van der Waals surface area contributed by atoms with Crippen molar-refractivity contribution in [1.82, 2.24) is 19.9 Å². The van der Waals surface area contributed by atoms with Gasteiger partial charge in [-0.1, -0.05) is 19.4 Å². The van der Waals surface area contributed by atoms with E-state index in [4.69, 9.17) is 0 Å². The molecule has 144 valence electrons. The third-order valence-corrected chi connectivity index (χ3v) is 6.36. The minimum absolute atomic E-state index is 0.260. The van der Waals surface area contributed by atoms with Crippen LogP contribution in [0.4, 0.5) is 0 Å². The van der Waals surface area contributed by atoms with Gasteiger partial charge in [-0.15, -0.1) is 0 Å². The van der Waals surface area contributed by atoms with Gasteiger partial charge in [-0.05, 0) is 43.7 Å². The fraction of sp³-hybridized carbons (Fsp3) is 0.591. The van der Waals surface area contributed by atoms with Gasteiger partial charge < -0.3 is 5.11 Å². The first-order valence-corrected chi connectivity index (χ1v) is 10.3. The molecule has 1 aliphatic carbocycles. The fourth-order valence-electron chi connectivity index (χ4n) is 4.93. The lowest BCUT2D eigenvalue weighted by molar-refractivity contribution is -0.0114. The van der Waals surface area contributed by atoms with E-state index in [0.717, 1.165) is 68.0 Å². The van der Waals surface area contributed by atoms with Crippen molar-refractivity contribution in [3.8, 4) is 0 Å². The van der Waals surface area contributed by atoms with Crippen LogP contribution in [0.5, 0.6) is 0 Å². The molecule has 5 heteroatoms. The predicted molar refractivity (Wildman–Crippen MR) is 105 cm³/mol. The first-order valence-electron chi connectivity index (χ1n) is 10.3. The summed E-state index contributed by atoms with van der Waals surface area (Å²) in [4.78, 5) is 16.0. The summed E-state index contributed by atoms with van der Waals surface area (Å²) in [5.74, 6) is 1.75. The topological polar surface area (TPSA) is 62.1 Å². The standard InChI is InChI=1S/C22H30N4O/c1-3-4-7-20-24-11-17(12-25-20)13-26-14-18-8-9-22(27,19(18)15-26)21-16(2)6-5-10-23-21/h5-6,10-12,18-19,27H,3-4,7-9,13-15H2,1-2H3/t18-,19+,22-/m0/s1. The van der Waals surface area contributed by atoms with Crippen LogP contribution in [0.15, 0.2) is 30.7 Å². The average Bonchev–Trinajstić information content (AvgIpc) is 3.22. The van der Waals surface area contributed by atoms with E-state index in [-0.39, 0.29) is 5.92 Å². The molecule has 0 unspecified atom stereocenters. The second-order valence-corrected chi connectivity index (χ2v) is 8.30. The van der Waals surface area contributed by atoms with Crippen LogP contribution in [0.3, 0.4) is 0 Å². The predicted octanol–water partition coefficient (Wildman–Crippen LogP) is 3.25. The Bertz CT molecular complexity index is 778. The quantitative estimate of drug-likeness (QED) is 0.850. The Labute approximate surface area is 161 Å². The molecule has 1 aliphatic heterocycles. The number of aromatic nitrogens is 3. The Morgan fingerprint density at radius 1 is 1.22 bits per heavy atom. The third-order valence-electron chi connectivity index (χ3n) is 6.36. The Morgan fingerprint density at radius 2 is 2.04 bits per heavy atom. The van der Waals surface area contributed by atoms with Crippen LogP contribution in [0.2, 0.25) is 0 Å². The molecule has 0 spiro atoms. The summed E-state index contributed by atoms with van der Waals surface area (Å²) in [7, 11) is 0. The molecule has 4 rings (SSSR count). The van der Waals surface area contributed by atoms with Gasteiger partial charge in [0, 0.05) is 56.1 Å². The van der Waals surface area contributed by atoms with Gasteiger partial charge in [0.05, 0.1) is 5.69 Å². The molecule has 1 N–H and O–H groups in total. The largest absolute Gasteiger partial charge is 0.383 e. The van der Waals surface area contributed by atoms with E-state index >= 15 is 0 Å². The number of pyridine rings is 1. The first-order chi connectivity index (χ1) is 13.1. The van der Waals surface area contributed by atoms with Crippen molar-refractivity contribution < 1.29 is 5.11 Å². The second kappa shape index (κ2) is 7.64. The van der Waals surface area contributed by atoms with Gasteiger partial charge >= 0.3 is 0 Å². The number of hydrogen-bond donors (Lipinski definition) is 1. The molecule has 0 radical (unpaired) electrons. The Morgan fingerprint density at radius 3 is 2.78 bits per heavy atom. The molecule has 1 saturated carbocycles. The van der Waals surface area contributed by atoms with Crippen molar-refractivity contribution in [2.75, 3.05) is 13.1 Å². The average molecular weight is 367 g/mol. The highest BCUT2D eigenvalue weighted by Crippen LogP contribution is 2.50. The summed E-state index contributed by atoms with van der Waals surface area (Å²) in [5, 5.41) is 11.5. The van der Waals surface area contributed by atoms with Crippen LogP contribution in [0.25, 0.3) is 0 Å².